The van der Waals surface area contributed by atoms with Crippen LogP contribution in [-0.2, 0) is 19.1 Å². The zero-order valence-electron chi connectivity index (χ0n) is 11.5. The second-order valence-corrected chi connectivity index (χ2v) is 5.14. The number of cyclic esters (lactones) is 1. The smallest absolute Gasteiger partial charge is 0.489 e. The van der Waals surface area contributed by atoms with Gasteiger partial charge in [0.05, 0.1) is 12.5 Å². The number of carbonyl (C=O) groups excluding carboxylic acids is 2. The maximum atomic E-state index is 11.8. The van der Waals surface area contributed by atoms with Gasteiger partial charge in [0.15, 0.2) is 0 Å². The van der Waals surface area contributed by atoms with Crippen molar-refractivity contribution >= 4 is 11.9 Å². The molecule has 1 saturated carbocycles. The van der Waals surface area contributed by atoms with Crippen LogP contribution in [0.5, 0.6) is 0 Å². The first-order valence-corrected chi connectivity index (χ1v) is 6.57. The molecule has 5 heteroatoms. The fraction of sp³-hybridized carbons (Fsp3) is 0.714. The van der Waals surface area contributed by atoms with E-state index in [0.29, 0.717) is 18.4 Å². The Morgan fingerprint density at radius 3 is 2.74 bits per heavy atom. The third-order valence-electron chi connectivity index (χ3n) is 3.99. The average Bonchev–Trinajstić information content (AvgIpc) is 2.56. The fourth-order valence-electron chi connectivity index (χ4n) is 2.95. The van der Waals surface area contributed by atoms with Crippen LogP contribution >= 0.6 is 0 Å². The molecule has 1 heterocycles. The van der Waals surface area contributed by atoms with E-state index in [1.165, 1.54) is 12.8 Å². The first-order chi connectivity index (χ1) is 8.70. The largest absolute Gasteiger partial charge is 1.00 e. The van der Waals surface area contributed by atoms with Crippen molar-refractivity contribution in [1.29, 1.82) is 0 Å². The van der Waals surface area contributed by atoms with Crippen LogP contribution in [0.4, 0.5) is 0 Å². The first-order valence-electron chi connectivity index (χ1n) is 6.57. The molecule has 3 atom stereocenters. The van der Waals surface area contributed by atoms with E-state index in [1.54, 1.807) is 0 Å². The van der Waals surface area contributed by atoms with Crippen LogP contribution in [0.3, 0.4) is 0 Å². The third kappa shape index (κ3) is 5.07. The van der Waals surface area contributed by atoms with Crippen molar-refractivity contribution in [3.63, 3.8) is 0 Å². The molecule has 1 saturated heterocycles. The normalized spacial score (nSPS) is 30.1. The van der Waals surface area contributed by atoms with E-state index in [-0.39, 0.29) is 76.7 Å². The van der Waals surface area contributed by atoms with E-state index in [4.69, 9.17) is 9.47 Å². The Morgan fingerprint density at radius 2 is 2.05 bits per heavy atom. The molecule has 2 rings (SSSR count). The van der Waals surface area contributed by atoms with Crippen molar-refractivity contribution in [2.45, 2.75) is 32.1 Å². The molecule has 1 aliphatic carbocycles. The molecule has 2 aliphatic rings. The topological polar surface area (TPSA) is 52.6 Å². The number of ether oxygens (including phenoxy) is 2. The summed E-state index contributed by atoms with van der Waals surface area (Å²) in [6.45, 7) is 3.83. The quantitative estimate of drug-likeness (QED) is 0.373. The minimum absolute atomic E-state index is 0. The van der Waals surface area contributed by atoms with Gasteiger partial charge in [0.2, 0.25) is 0 Å². The molecule has 2 fully saturated rings. The van der Waals surface area contributed by atoms with Crippen molar-refractivity contribution in [3.05, 3.63) is 12.7 Å². The van der Waals surface area contributed by atoms with Crippen molar-refractivity contribution in [2.24, 2.45) is 17.8 Å². The summed E-state index contributed by atoms with van der Waals surface area (Å²) in [5.74, 6) is -0.139. The van der Waals surface area contributed by atoms with Gasteiger partial charge in [-0.25, -0.2) is 0 Å². The zero-order chi connectivity index (χ0) is 13.0. The summed E-state index contributed by atoms with van der Waals surface area (Å²) in [5, 5.41) is 0. The Balaban J connectivity index is 0.00000180. The molecule has 0 aromatic rings. The summed E-state index contributed by atoms with van der Waals surface area (Å²) in [4.78, 5) is 22.8. The molecule has 4 nitrogen and oxygen atoms in total. The van der Waals surface area contributed by atoms with Gasteiger partial charge in [0, 0.05) is 0 Å². The Morgan fingerprint density at radius 1 is 1.37 bits per heavy atom. The van der Waals surface area contributed by atoms with Crippen molar-refractivity contribution in [2.75, 3.05) is 13.2 Å². The maximum Gasteiger partial charge on any atom is 1.00 e. The van der Waals surface area contributed by atoms with Gasteiger partial charge in [0.25, 0.3) is 0 Å². The predicted octanol–water partition coefficient (Wildman–Crippen LogP) is -1.11. The van der Waals surface area contributed by atoms with Gasteiger partial charge in [-0.1, -0.05) is 19.3 Å². The minimum atomic E-state index is -0.604. The molecule has 0 aromatic carbocycles. The van der Waals surface area contributed by atoms with Crippen LogP contribution in [0, 0.1) is 23.8 Å². The first kappa shape index (κ1) is 17.5. The van der Waals surface area contributed by atoms with Gasteiger partial charge in [0.1, 0.15) is 12.6 Å². The van der Waals surface area contributed by atoms with Crippen molar-refractivity contribution in [3.8, 4) is 0 Å². The van der Waals surface area contributed by atoms with Gasteiger partial charge in [-0.05, 0) is 24.7 Å². The number of fused-ring (bicyclic) bond motifs is 1. The number of hydrogen-bond acceptors (Lipinski definition) is 4. The molecule has 0 spiro atoms. The maximum absolute atomic E-state index is 11.8. The zero-order valence-corrected chi connectivity index (χ0v) is 16.4. The van der Waals surface area contributed by atoms with E-state index in [0.717, 1.165) is 19.3 Å². The number of esters is 2. The van der Waals surface area contributed by atoms with E-state index in [1.807, 2.05) is 0 Å². The Hall–Kier alpha value is 0.485. The summed E-state index contributed by atoms with van der Waals surface area (Å²) < 4.78 is 10.2. The monoisotopic (exact) mass is 336 g/mol. The van der Waals surface area contributed by atoms with Crippen LogP contribution in [0.25, 0.3) is 0 Å². The molecule has 3 unspecified atom stereocenters. The number of rotatable bonds is 3. The second kappa shape index (κ2) is 8.70. The molecule has 0 aromatic heterocycles. The van der Waals surface area contributed by atoms with Crippen molar-refractivity contribution in [1.82, 2.24) is 0 Å². The summed E-state index contributed by atoms with van der Waals surface area (Å²) >= 11 is 0. The fourth-order valence-corrected chi connectivity index (χ4v) is 2.95. The SMILES string of the molecule is C=[C-]C(=O)OCC1CC2CCCCC2COC1=O.[Rb+]. The van der Waals surface area contributed by atoms with E-state index >= 15 is 0 Å². The molecule has 100 valence electrons. The summed E-state index contributed by atoms with van der Waals surface area (Å²) in [6, 6.07) is 0. The van der Waals surface area contributed by atoms with Gasteiger partial charge < -0.3 is 15.5 Å². The number of carbonyl (C=O) groups is 2. The van der Waals surface area contributed by atoms with Crippen LogP contribution in [0.2, 0.25) is 0 Å². The van der Waals surface area contributed by atoms with Crippen LogP contribution < -0.4 is 58.2 Å². The molecule has 0 bridgehead atoms. The molecule has 0 N–H and O–H groups in total. The molecular weight excluding hydrogens is 318 g/mol. The Labute approximate surface area is 163 Å². The molecular formula is C14H19O4Rb. The molecule has 1 aliphatic heterocycles. The molecule has 0 radical (unpaired) electrons. The molecule has 0 amide bonds. The van der Waals surface area contributed by atoms with Gasteiger partial charge in [-0.15, -0.1) is 0 Å². The van der Waals surface area contributed by atoms with Gasteiger partial charge >= 0.3 is 64.2 Å². The standard InChI is InChI=1S/C14H19O4.Rb/c1-2-13(15)17-9-12-7-10-5-3-4-6-11(10)8-18-14(12)16;/h10-12H,1,3-9H2;/q-1;+1. The van der Waals surface area contributed by atoms with Crippen LogP contribution in [0.1, 0.15) is 32.1 Å². The Bertz CT molecular complexity index is 342. The van der Waals surface area contributed by atoms with E-state index in [2.05, 4.69) is 12.7 Å². The predicted molar refractivity (Wildman–Crippen MR) is 64.3 cm³/mol. The Kier molecular flexibility index (Phi) is 8.03. The number of hydrogen-bond donors (Lipinski definition) is 0. The molecule has 19 heavy (non-hydrogen) atoms. The van der Waals surface area contributed by atoms with Gasteiger partial charge in [-0.3, -0.25) is 16.2 Å². The van der Waals surface area contributed by atoms with E-state index in [9.17, 15) is 9.59 Å². The summed E-state index contributed by atoms with van der Waals surface area (Å²) in [5.41, 5.74) is 0. The van der Waals surface area contributed by atoms with Crippen LogP contribution in [-0.4, -0.2) is 25.2 Å². The van der Waals surface area contributed by atoms with Crippen molar-refractivity contribution < 1.29 is 77.3 Å². The summed E-state index contributed by atoms with van der Waals surface area (Å²) in [6.07, 6.45) is 7.65. The minimum Gasteiger partial charge on any atom is -0.489 e. The second-order valence-electron chi connectivity index (χ2n) is 5.14. The average molecular weight is 337 g/mol. The van der Waals surface area contributed by atoms with Gasteiger partial charge in [-0.2, -0.15) is 0 Å². The third-order valence-corrected chi connectivity index (χ3v) is 3.99. The van der Waals surface area contributed by atoms with Crippen LogP contribution in [0.15, 0.2) is 6.58 Å². The summed E-state index contributed by atoms with van der Waals surface area (Å²) in [7, 11) is 0. The van der Waals surface area contributed by atoms with E-state index < -0.39 is 5.97 Å².